The Morgan fingerprint density at radius 1 is 1.32 bits per heavy atom. The Kier molecular flexibility index (Phi) is 3.93. The third-order valence-electron chi connectivity index (χ3n) is 4.42. The second-order valence-corrected chi connectivity index (χ2v) is 6.01. The summed E-state index contributed by atoms with van der Waals surface area (Å²) in [6.45, 7) is 7.38. The first-order chi connectivity index (χ1) is 10.5. The minimum atomic E-state index is -0.824. The largest absolute Gasteiger partial charge is 0.480 e. The predicted octanol–water partition coefficient (Wildman–Crippen LogP) is 2.34. The highest BCUT2D eigenvalue weighted by molar-refractivity contribution is 5.91. The summed E-state index contributed by atoms with van der Waals surface area (Å²) in [6, 6.07) is 3.76. The molecule has 22 heavy (non-hydrogen) atoms. The van der Waals surface area contributed by atoms with E-state index in [0.29, 0.717) is 6.54 Å². The smallest absolute Gasteiger partial charge is 0.325 e. The van der Waals surface area contributed by atoms with Crippen LogP contribution in [-0.4, -0.2) is 34.1 Å². The molecule has 0 aliphatic carbocycles. The second-order valence-electron chi connectivity index (χ2n) is 6.01. The summed E-state index contributed by atoms with van der Waals surface area (Å²) in [6.07, 6.45) is 1.99. The zero-order chi connectivity index (χ0) is 15.9. The van der Waals surface area contributed by atoms with Gasteiger partial charge in [0.15, 0.2) is 0 Å². The Balaban J connectivity index is 2.18. The molecule has 3 rings (SSSR count). The summed E-state index contributed by atoms with van der Waals surface area (Å²) in [5.41, 5.74) is 4.66. The number of aryl methyl sites for hydroxylation is 1. The molecule has 2 heterocycles. The number of rotatable bonds is 5. The van der Waals surface area contributed by atoms with Crippen molar-refractivity contribution in [2.24, 2.45) is 0 Å². The molecule has 5 heteroatoms. The molecule has 0 saturated heterocycles. The number of nitrogens with zero attached hydrogens (tertiary/aromatic N) is 2. The maximum absolute atomic E-state index is 11.6. The Morgan fingerprint density at radius 2 is 2.00 bits per heavy atom. The van der Waals surface area contributed by atoms with Crippen LogP contribution in [0.15, 0.2) is 18.3 Å². The molecule has 0 saturated carbocycles. The van der Waals surface area contributed by atoms with Gasteiger partial charge in [-0.05, 0) is 43.8 Å². The molecule has 2 N–H and O–H groups in total. The number of likely N-dealkylation sites (N-methyl/N-ethyl adjacent to an activating group) is 1. The second kappa shape index (κ2) is 5.74. The maximum atomic E-state index is 11.6. The molecule has 1 aromatic heterocycles. The van der Waals surface area contributed by atoms with Crippen LogP contribution in [0.2, 0.25) is 0 Å². The SMILES string of the molecule is CCNC(C(=O)O)c1cn(CC)c2cc3c(cc12)CN(C)C3. The van der Waals surface area contributed by atoms with Gasteiger partial charge in [0.1, 0.15) is 6.04 Å². The van der Waals surface area contributed by atoms with Gasteiger partial charge < -0.3 is 15.0 Å². The van der Waals surface area contributed by atoms with Crippen molar-refractivity contribution in [1.82, 2.24) is 14.8 Å². The van der Waals surface area contributed by atoms with E-state index >= 15 is 0 Å². The zero-order valence-corrected chi connectivity index (χ0v) is 13.4. The lowest BCUT2D eigenvalue weighted by molar-refractivity contribution is -0.139. The van der Waals surface area contributed by atoms with Crippen LogP contribution in [0.5, 0.6) is 0 Å². The van der Waals surface area contributed by atoms with E-state index in [2.05, 4.69) is 40.9 Å². The molecule has 0 spiro atoms. The van der Waals surface area contributed by atoms with Gasteiger partial charge in [-0.1, -0.05) is 6.92 Å². The van der Waals surface area contributed by atoms with Gasteiger partial charge in [-0.2, -0.15) is 0 Å². The number of carboxylic acid groups (broad SMARTS) is 1. The number of nitrogens with one attached hydrogen (secondary N) is 1. The van der Waals surface area contributed by atoms with Gasteiger partial charge in [0, 0.05) is 42.3 Å². The lowest BCUT2D eigenvalue weighted by Gasteiger charge is -2.12. The van der Waals surface area contributed by atoms with Crippen molar-refractivity contribution in [3.8, 4) is 0 Å². The minimum absolute atomic E-state index is 0.628. The molecule has 1 aromatic carbocycles. The number of hydrogen-bond acceptors (Lipinski definition) is 3. The zero-order valence-electron chi connectivity index (χ0n) is 13.4. The minimum Gasteiger partial charge on any atom is -0.480 e. The molecule has 1 aliphatic rings. The Bertz CT molecular complexity index is 720. The highest BCUT2D eigenvalue weighted by Crippen LogP contribution is 2.33. The van der Waals surface area contributed by atoms with E-state index in [0.717, 1.165) is 36.1 Å². The molecule has 0 amide bonds. The summed E-state index contributed by atoms with van der Waals surface area (Å²) in [5.74, 6) is -0.824. The van der Waals surface area contributed by atoms with E-state index in [4.69, 9.17) is 0 Å². The molecule has 118 valence electrons. The van der Waals surface area contributed by atoms with Crippen molar-refractivity contribution < 1.29 is 9.90 Å². The van der Waals surface area contributed by atoms with Gasteiger partial charge in [0.2, 0.25) is 0 Å². The molecule has 5 nitrogen and oxygen atoms in total. The maximum Gasteiger partial charge on any atom is 0.325 e. The van der Waals surface area contributed by atoms with Crippen LogP contribution in [0.25, 0.3) is 10.9 Å². The van der Waals surface area contributed by atoms with E-state index in [-0.39, 0.29) is 0 Å². The topological polar surface area (TPSA) is 57.5 Å². The third-order valence-corrected chi connectivity index (χ3v) is 4.42. The number of benzene rings is 1. The van der Waals surface area contributed by atoms with E-state index in [1.807, 2.05) is 13.1 Å². The molecule has 0 fully saturated rings. The molecule has 1 aliphatic heterocycles. The first-order valence-electron chi connectivity index (χ1n) is 7.84. The number of carbonyl (C=O) groups is 1. The Morgan fingerprint density at radius 3 is 2.59 bits per heavy atom. The van der Waals surface area contributed by atoms with Crippen molar-refractivity contribution in [2.45, 2.75) is 39.5 Å². The highest BCUT2D eigenvalue weighted by Gasteiger charge is 2.25. The van der Waals surface area contributed by atoms with Crippen molar-refractivity contribution in [1.29, 1.82) is 0 Å². The number of hydrogen-bond donors (Lipinski definition) is 2. The standard InChI is InChI=1S/C17H23N3O2/c1-4-18-16(17(21)22)14-10-20(5-2)15-7-12-9-19(3)8-11(12)6-13(14)15/h6-7,10,16,18H,4-5,8-9H2,1-3H3,(H,21,22). The average molecular weight is 301 g/mol. The van der Waals surface area contributed by atoms with Gasteiger partial charge in [0.05, 0.1) is 0 Å². The van der Waals surface area contributed by atoms with Crippen molar-refractivity contribution in [2.75, 3.05) is 13.6 Å². The quantitative estimate of drug-likeness (QED) is 0.890. The van der Waals surface area contributed by atoms with Gasteiger partial charge in [-0.25, -0.2) is 0 Å². The third kappa shape index (κ3) is 2.40. The first kappa shape index (κ1) is 15.1. The first-order valence-corrected chi connectivity index (χ1v) is 7.84. The van der Waals surface area contributed by atoms with Crippen molar-refractivity contribution in [3.63, 3.8) is 0 Å². The highest BCUT2D eigenvalue weighted by atomic mass is 16.4. The van der Waals surface area contributed by atoms with Crippen molar-refractivity contribution in [3.05, 3.63) is 35.0 Å². The van der Waals surface area contributed by atoms with Crippen LogP contribution in [0.4, 0.5) is 0 Å². The van der Waals surface area contributed by atoms with Crippen LogP contribution >= 0.6 is 0 Å². The molecular weight excluding hydrogens is 278 g/mol. The van der Waals surface area contributed by atoms with E-state index < -0.39 is 12.0 Å². The van der Waals surface area contributed by atoms with Crippen LogP contribution in [0.3, 0.4) is 0 Å². The summed E-state index contributed by atoms with van der Waals surface area (Å²) in [4.78, 5) is 13.9. The number of fused-ring (bicyclic) bond motifs is 2. The molecule has 1 atom stereocenters. The monoisotopic (exact) mass is 301 g/mol. The predicted molar refractivity (Wildman–Crippen MR) is 86.8 cm³/mol. The molecule has 0 bridgehead atoms. The van der Waals surface area contributed by atoms with Crippen LogP contribution in [0.1, 0.15) is 36.6 Å². The van der Waals surface area contributed by atoms with Crippen molar-refractivity contribution >= 4 is 16.9 Å². The molecule has 0 radical (unpaired) electrons. The summed E-state index contributed by atoms with van der Waals surface area (Å²) < 4.78 is 2.15. The molecule has 1 unspecified atom stereocenters. The van der Waals surface area contributed by atoms with Gasteiger partial charge >= 0.3 is 5.97 Å². The van der Waals surface area contributed by atoms with Gasteiger partial charge in [0.25, 0.3) is 0 Å². The van der Waals surface area contributed by atoms with Gasteiger partial charge in [-0.15, -0.1) is 0 Å². The molecular formula is C17H23N3O2. The lowest BCUT2D eigenvalue weighted by atomic mass is 10.0. The summed E-state index contributed by atoms with van der Waals surface area (Å²) >= 11 is 0. The lowest BCUT2D eigenvalue weighted by Crippen LogP contribution is -2.28. The van der Waals surface area contributed by atoms with Crippen LogP contribution < -0.4 is 5.32 Å². The van der Waals surface area contributed by atoms with Gasteiger partial charge in [-0.3, -0.25) is 9.69 Å². The Hall–Kier alpha value is -1.85. The Labute approximate surface area is 130 Å². The van der Waals surface area contributed by atoms with E-state index in [9.17, 15) is 9.90 Å². The average Bonchev–Trinajstić information content (AvgIpc) is 3.00. The van der Waals surface area contributed by atoms with Crippen LogP contribution in [-0.2, 0) is 24.4 Å². The number of carboxylic acids is 1. The fraction of sp³-hybridized carbons (Fsp3) is 0.471. The van der Waals surface area contributed by atoms with E-state index in [1.54, 1.807) is 0 Å². The van der Waals surface area contributed by atoms with Crippen LogP contribution in [0, 0.1) is 0 Å². The number of aromatic nitrogens is 1. The molecule has 2 aromatic rings. The summed E-state index contributed by atoms with van der Waals surface area (Å²) in [5, 5.41) is 13.7. The normalized spacial score (nSPS) is 16.1. The fourth-order valence-electron chi connectivity index (χ4n) is 3.41. The summed E-state index contributed by atoms with van der Waals surface area (Å²) in [7, 11) is 2.11. The number of aliphatic carboxylic acids is 1. The van der Waals surface area contributed by atoms with E-state index in [1.165, 1.54) is 11.1 Å². The fourth-order valence-corrected chi connectivity index (χ4v) is 3.41.